The molecule has 5 nitrogen and oxygen atoms in total. The molecule has 2 N–H and O–H groups in total. The number of esters is 1. The number of aromatic nitrogens is 1. The highest BCUT2D eigenvalue weighted by molar-refractivity contribution is 7.15. The van der Waals surface area contributed by atoms with Crippen molar-refractivity contribution in [3.63, 3.8) is 0 Å². The molecule has 0 saturated heterocycles. The summed E-state index contributed by atoms with van der Waals surface area (Å²) in [5.41, 5.74) is 5.51. The largest absolute Gasteiger partial charge is 0.468 e. The van der Waals surface area contributed by atoms with E-state index in [1.54, 1.807) is 13.1 Å². The molecule has 0 aliphatic carbocycles. The van der Waals surface area contributed by atoms with Crippen LogP contribution >= 0.6 is 11.3 Å². The van der Waals surface area contributed by atoms with Crippen LogP contribution in [0.5, 0.6) is 0 Å². The van der Waals surface area contributed by atoms with Gasteiger partial charge in [0.05, 0.1) is 7.11 Å². The number of nitrogen functional groups attached to an aromatic ring is 1. The number of hydrogen-bond donors (Lipinski definition) is 1. The minimum atomic E-state index is -0.265. The first-order valence-corrected chi connectivity index (χ1v) is 5.34. The summed E-state index contributed by atoms with van der Waals surface area (Å²) in [4.78, 5) is 18.1. The van der Waals surface area contributed by atoms with Crippen LogP contribution in [-0.4, -0.2) is 36.1 Å². The predicted octanol–water partition coefficient (Wildman–Crippen LogP) is 0.719. The van der Waals surface area contributed by atoms with E-state index in [0.29, 0.717) is 11.7 Å². The van der Waals surface area contributed by atoms with Crippen molar-refractivity contribution in [1.82, 2.24) is 9.88 Å². The molecule has 1 unspecified atom stereocenters. The van der Waals surface area contributed by atoms with Gasteiger partial charge in [0.15, 0.2) is 5.13 Å². The third kappa shape index (κ3) is 3.17. The third-order valence-electron chi connectivity index (χ3n) is 2.18. The SMILES string of the molecule is COC(=O)C(C)N(C)Cc1cnc(N)s1. The maximum Gasteiger partial charge on any atom is 0.322 e. The summed E-state index contributed by atoms with van der Waals surface area (Å²) < 4.78 is 4.66. The Hall–Kier alpha value is -1.14. The minimum absolute atomic E-state index is 0.241. The van der Waals surface area contributed by atoms with Gasteiger partial charge in [-0.3, -0.25) is 9.69 Å². The number of methoxy groups -OCH3 is 1. The summed E-state index contributed by atoms with van der Waals surface area (Å²) in [6, 6.07) is -0.265. The van der Waals surface area contributed by atoms with E-state index in [9.17, 15) is 4.79 Å². The van der Waals surface area contributed by atoms with Gasteiger partial charge in [-0.1, -0.05) is 0 Å². The zero-order chi connectivity index (χ0) is 11.4. The van der Waals surface area contributed by atoms with Gasteiger partial charge in [0.1, 0.15) is 6.04 Å². The monoisotopic (exact) mass is 229 g/mol. The molecule has 0 radical (unpaired) electrons. The fourth-order valence-electron chi connectivity index (χ4n) is 1.13. The highest BCUT2D eigenvalue weighted by Crippen LogP contribution is 2.16. The van der Waals surface area contributed by atoms with Crippen molar-refractivity contribution in [2.75, 3.05) is 19.9 Å². The Kier molecular flexibility index (Phi) is 4.05. The van der Waals surface area contributed by atoms with Crippen LogP contribution in [0.3, 0.4) is 0 Å². The highest BCUT2D eigenvalue weighted by atomic mass is 32.1. The summed E-state index contributed by atoms with van der Waals surface area (Å²) in [5, 5.41) is 0.545. The highest BCUT2D eigenvalue weighted by Gasteiger charge is 2.18. The van der Waals surface area contributed by atoms with Crippen LogP contribution in [-0.2, 0) is 16.1 Å². The Bertz CT molecular complexity index is 340. The number of anilines is 1. The molecule has 1 heterocycles. The van der Waals surface area contributed by atoms with Gasteiger partial charge in [-0.25, -0.2) is 4.98 Å². The molecule has 15 heavy (non-hydrogen) atoms. The molecule has 1 atom stereocenters. The first-order valence-electron chi connectivity index (χ1n) is 4.53. The molecule has 0 bridgehead atoms. The summed E-state index contributed by atoms with van der Waals surface area (Å²) in [6.45, 7) is 2.45. The Morgan fingerprint density at radius 3 is 2.93 bits per heavy atom. The molecular weight excluding hydrogens is 214 g/mol. The van der Waals surface area contributed by atoms with Crippen molar-refractivity contribution in [2.24, 2.45) is 0 Å². The van der Waals surface area contributed by atoms with E-state index in [-0.39, 0.29) is 12.0 Å². The molecule has 1 rings (SSSR count). The molecule has 0 saturated carbocycles. The van der Waals surface area contributed by atoms with Crippen LogP contribution in [0, 0.1) is 0 Å². The summed E-state index contributed by atoms with van der Waals surface area (Å²) >= 11 is 1.43. The van der Waals surface area contributed by atoms with Crippen LogP contribution in [0.25, 0.3) is 0 Å². The van der Waals surface area contributed by atoms with E-state index in [1.807, 2.05) is 11.9 Å². The molecule has 6 heteroatoms. The number of rotatable bonds is 4. The van der Waals surface area contributed by atoms with Crippen molar-refractivity contribution in [2.45, 2.75) is 19.5 Å². The lowest BCUT2D eigenvalue weighted by atomic mass is 10.3. The Morgan fingerprint density at radius 1 is 1.80 bits per heavy atom. The maximum atomic E-state index is 11.2. The summed E-state index contributed by atoms with van der Waals surface area (Å²) in [7, 11) is 3.24. The molecule has 1 aromatic heterocycles. The number of hydrogen-bond acceptors (Lipinski definition) is 6. The number of nitrogens with two attached hydrogens (primary N) is 1. The number of carbonyl (C=O) groups is 1. The molecule has 0 amide bonds. The zero-order valence-electron chi connectivity index (χ0n) is 9.06. The van der Waals surface area contributed by atoms with E-state index in [0.717, 1.165) is 4.88 Å². The van der Waals surface area contributed by atoms with Crippen molar-refractivity contribution >= 4 is 22.4 Å². The molecule has 84 valence electrons. The number of nitrogens with zero attached hydrogens (tertiary/aromatic N) is 2. The molecular formula is C9H15N3O2S. The van der Waals surface area contributed by atoms with Crippen molar-refractivity contribution in [3.05, 3.63) is 11.1 Å². The fourth-order valence-corrected chi connectivity index (χ4v) is 1.88. The summed E-state index contributed by atoms with van der Waals surface area (Å²) in [5.74, 6) is -0.241. The number of thiazole rings is 1. The first kappa shape index (κ1) is 11.9. The van der Waals surface area contributed by atoms with Gasteiger partial charge in [-0.05, 0) is 14.0 Å². The maximum absolute atomic E-state index is 11.2. The number of ether oxygens (including phenoxy) is 1. The number of carbonyl (C=O) groups excluding carboxylic acids is 1. The van der Waals surface area contributed by atoms with Gasteiger partial charge in [0.2, 0.25) is 0 Å². The second-order valence-corrected chi connectivity index (χ2v) is 4.43. The minimum Gasteiger partial charge on any atom is -0.468 e. The zero-order valence-corrected chi connectivity index (χ0v) is 9.87. The van der Waals surface area contributed by atoms with E-state index in [1.165, 1.54) is 18.4 Å². The van der Waals surface area contributed by atoms with E-state index in [4.69, 9.17) is 5.73 Å². The number of likely N-dealkylation sites (N-methyl/N-ethyl adjacent to an activating group) is 1. The smallest absolute Gasteiger partial charge is 0.322 e. The molecule has 0 spiro atoms. The molecule has 1 aromatic rings. The van der Waals surface area contributed by atoms with Gasteiger partial charge >= 0.3 is 5.97 Å². The second kappa shape index (κ2) is 5.09. The second-order valence-electron chi connectivity index (χ2n) is 3.28. The van der Waals surface area contributed by atoms with Crippen LogP contribution in [0.4, 0.5) is 5.13 Å². The van der Waals surface area contributed by atoms with Crippen molar-refractivity contribution < 1.29 is 9.53 Å². The van der Waals surface area contributed by atoms with E-state index < -0.39 is 0 Å². The average Bonchev–Trinajstić information content (AvgIpc) is 2.61. The molecule has 0 fully saturated rings. The van der Waals surface area contributed by atoms with Crippen LogP contribution < -0.4 is 5.73 Å². The lowest BCUT2D eigenvalue weighted by molar-refractivity contribution is -0.145. The standard InChI is InChI=1S/C9H15N3O2S/c1-6(8(13)14-3)12(2)5-7-4-11-9(10)15-7/h4,6H,5H2,1-3H3,(H2,10,11). The molecule has 0 aromatic carbocycles. The van der Waals surface area contributed by atoms with Crippen molar-refractivity contribution in [1.29, 1.82) is 0 Å². The van der Waals surface area contributed by atoms with Gasteiger partial charge in [0.25, 0.3) is 0 Å². The third-order valence-corrected chi connectivity index (χ3v) is 2.99. The lowest BCUT2D eigenvalue weighted by Crippen LogP contribution is -2.36. The van der Waals surface area contributed by atoms with E-state index >= 15 is 0 Å². The van der Waals surface area contributed by atoms with Crippen LogP contribution in [0.2, 0.25) is 0 Å². The molecule has 0 aliphatic rings. The fraction of sp³-hybridized carbons (Fsp3) is 0.556. The molecule has 0 aliphatic heterocycles. The van der Waals surface area contributed by atoms with Crippen molar-refractivity contribution in [3.8, 4) is 0 Å². The van der Waals surface area contributed by atoms with Gasteiger partial charge < -0.3 is 10.5 Å². The van der Waals surface area contributed by atoms with Gasteiger partial charge in [-0.15, -0.1) is 11.3 Å². The predicted molar refractivity (Wildman–Crippen MR) is 59.5 cm³/mol. The first-order chi connectivity index (χ1) is 7.04. The topological polar surface area (TPSA) is 68.5 Å². The van der Waals surface area contributed by atoms with Crippen LogP contribution in [0.1, 0.15) is 11.8 Å². The quantitative estimate of drug-likeness (QED) is 0.770. The van der Waals surface area contributed by atoms with Gasteiger partial charge in [-0.2, -0.15) is 0 Å². The Labute approximate surface area is 92.9 Å². The summed E-state index contributed by atoms with van der Waals surface area (Å²) in [6.07, 6.45) is 1.72. The Balaban J connectivity index is 2.55. The normalized spacial score (nSPS) is 12.8. The van der Waals surface area contributed by atoms with E-state index in [2.05, 4.69) is 9.72 Å². The van der Waals surface area contributed by atoms with Gasteiger partial charge in [0, 0.05) is 17.6 Å². The average molecular weight is 229 g/mol. The Morgan fingerprint density at radius 2 is 2.47 bits per heavy atom. The van der Waals surface area contributed by atoms with Crippen LogP contribution in [0.15, 0.2) is 6.20 Å². The lowest BCUT2D eigenvalue weighted by Gasteiger charge is -2.21.